The Kier molecular flexibility index (Phi) is 3.35. The summed E-state index contributed by atoms with van der Waals surface area (Å²) >= 11 is 6.06. The van der Waals surface area contributed by atoms with E-state index in [0.29, 0.717) is 10.6 Å². The summed E-state index contributed by atoms with van der Waals surface area (Å²) in [4.78, 5) is 15.5. The Morgan fingerprint density at radius 2 is 1.90 bits per heavy atom. The number of nitrogens with zero attached hydrogens (tertiary/aromatic N) is 1. The maximum Gasteiger partial charge on any atom is 0.336 e. The number of hydrogen-bond acceptors (Lipinski definition) is 3. The van der Waals surface area contributed by atoms with Gasteiger partial charge in [0.1, 0.15) is 5.58 Å². The molecule has 4 heteroatoms. The molecule has 0 unspecified atom stereocenters. The van der Waals surface area contributed by atoms with Gasteiger partial charge in [0.25, 0.3) is 0 Å². The third-order valence-corrected chi connectivity index (χ3v) is 3.21. The van der Waals surface area contributed by atoms with Gasteiger partial charge in [-0.25, -0.2) is 4.79 Å². The van der Waals surface area contributed by atoms with Gasteiger partial charge in [-0.3, -0.25) is 4.99 Å². The highest BCUT2D eigenvalue weighted by atomic mass is 35.5. The first kappa shape index (κ1) is 12.6. The quantitative estimate of drug-likeness (QED) is 0.522. The maximum atomic E-state index is 11.1. The lowest BCUT2D eigenvalue weighted by Gasteiger charge is -1.99. The van der Waals surface area contributed by atoms with E-state index in [0.717, 1.165) is 16.6 Å². The average Bonchev–Trinajstić information content (AvgIpc) is 2.46. The second kappa shape index (κ2) is 5.31. The van der Waals surface area contributed by atoms with E-state index in [9.17, 15) is 4.79 Å². The SMILES string of the molecule is O=c1ccc2cc(N=Cc3ccccc3Cl)ccc2o1. The molecule has 1 heterocycles. The molecule has 3 aromatic rings. The first-order valence-electron chi connectivity index (χ1n) is 6.05. The van der Waals surface area contributed by atoms with Crippen molar-refractivity contribution >= 4 is 34.5 Å². The van der Waals surface area contributed by atoms with E-state index in [2.05, 4.69) is 4.99 Å². The second-order valence-electron chi connectivity index (χ2n) is 4.26. The largest absolute Gasteiger partial charge is 0.423 e. The third-order valence-electron chi connectivity index (χ3n) is 2.86. The van der Waals surface area contributed by atoms with E-state index in [1.54, 1.807) is 24.4 Å². The Labute approximate surface area is 120 Å². The first-order valence-corrected chi connectivity index (χ1v) is 6.43. The molecule has 0 saturated carbocycles. The summed E-state index contributed by atoms with van der Waals surface area (Å²) in [7, 11) is 0. The van der Waals surface area contributed by atoms with Gasteiger partial charge in [0.05, 0.1) is 5.69 Å². The molecule has 20 heavy (non-hydrogen) atoms. The minimum atomic E-state index is -0.357. The summed E-state index contributed by atoms with van der Waals surface area (Å²) in [5.74, 6) is 0. The van der Waals surface area contributed by atoms with Crippen LogP contribution in [0.5, 0.6) is 0 Å². The number of rotatable bonds is 2. The molecule has 98 valence electrons. The summed E-state index contributed by atoms with van der Waals surface area (Å²) in [6.07, 6.45) is 1.71. The van der Waals surface area contributed by atoms with Crippen molar-refractivity contribution in [2.75, 3.05) is 0 Å². The predicted molar refractivity (Wildman–Crippen MR) is 81.2 cm³/mol. The number of fused-ring (bicyclic) bond motifs is 1. The van der Waals surface area contributed by atoms with E-state index in [4.69, 9.17) is 16.0 Å². The van der Waals surface area contributed by atoms with Gasteiger partial charge in [0.15, 0.2) is 0 Å². The highest BCUT2D eigenvalue weighted by Gasteiger charge is 1.99. The lowest BCUT2D eigenvalue weighted by atomic mass is 10.2. The molecule has 0 atom stereocenters. The number of benzene rings is 2. The normalized spacial score (nSPS) is 11.2. The minimum absolute atomic E-state index is 0.357. The molecule has 0 spiro atoms. The van der Waals surface area contributed by atoms with Crippen molar-refractivity contribution in [2.45, 2.75) is 0 Å². The lowest BCUT2D eigenvalue weighted by molar-refractivity contribution is 0.561. The standard InChI is InChI=1S/C16H10ClNO2/c17-14-4-2-1-3-12(14)10-18-13-6-7-15-11(9-13)5-8-16(19)20-15/h1-10H. The smallest absolute Gasteiger partial charge is 0.336 e. The molecule has 3 rings (SSSR count). The average molecular weight is 284 g/mol. The van der Waals surface area contributed by atoms with Crippen LogP contribution in [0.4, 0.5) is 5.69 Å². The maximum absolute atomic E-state index is 11.1. The highest BCUT2D eigenvalue weighted by Crippen LogP contribution is 2.20. The Morgan fingerprint density at radius 1 is 1.05 bits per heavy atom. The molecule has 0 aliphatic carbocycles. The van der Waals surface area contributed by atoms with E-state index in [1.165, 1.54) is 6.07 Å². The van der Waals surface area contributed by atoms with Crippen LogP contribution in [0, 0.1) is 0 Å². The van der Waals surface area contributed by atoms with Crippen molar-refractivity contribution in [1.29, 1.82) is 0 Å². The monoisotopic (exact) mass is 283 g/mol. The van der Waals surface area contributed by atoms with Crippen LogP contribution < -0.4 is 5.63 Å². The second-order valence-corrected chi connectivity index (χ2v) is 4.66. The third kappa shape index (κ3) is 2.63. The number of halogens is 1. The van der Waals surface area contributed by atoms with E-state index in [1.807, 2.05) is 30.3 Å². The Bertz CT molecular complexity index is 852. The van der Waals surface area contributed by atoms with E-state index >= 15 is 0 Å². The Hall–Kier alpha value is -2.39. The zero-order valence-electron chi connectivity index (χ0n) is 10.4. The number of hydrogen-bond donors (Lipinski definition) is 0. The van der Waals surface area contributed by atoms with Crippen LogP contribution in [0.2, 0.25) is 5.02 Å². The van der Waals surface area contributed by atoms with Crippen LogP contribution in [0.3, 0.4) is 0 Å². The van der Waals surface area contributed by atoms with E-state index in [-0.39, 0.29) is 5.63 Å². The summed E-state index contributed by atoms with van der Waals surface area (Å²) in [6, 6.07) is 16.0. The van der Waals surface area contributed by atoms with Gasteiger partial charge in [-0.1, -0.05) is 29.8 Å². The summed E-state index contributed by atoms with van der Waals surface area (Å²) < 4.78 is 5.07. The van der Waals surface area contributed by atoms with Crippen molar-refractivity contribution in [3.05, 3.63) is 75.6 Å². The van der Waals surface area contributed by atoms with Crippen molar-refractivity contribution < 1.29 is 4.42 Å². The topological polar surface area (TPSA) is 42.6 Å². The van der Waals surface area contributed by atoms with Gasteiger partial charge in [-0.2, -0.15) is 0 Å². The molecule has 0 fully saturated rings. The molecular formula is C16H10ClNO2. The zero-order valence-corrected chi connectivity index (χ0v) is 11.2. The van der Waals surface area contributed by atoms with Gasteiger partial charge in [-0.05, 0) is 30.3 Å². The molecule has 1 aromatic heterocycles. The number of aliphatic imine (C=N–C) groups is 1. The van der Waals surface area contributed by atoms with Gasteiger partial charge >= 0.3 is 5.63 Å². The molecule has 0 amide bonds. The molecule has 0 bridgehead atoms. The molecule has 0 N–H and O–H groups in total. The fourth-order valence-corrected chi connectivity index (χ4v) is 2.05. The molecule has 0 saturated heterocycles. The van der Waals surface area contributed by atoms with Crippen molar-refractivity contribution in [3.63, 3.8) is 0 Å². The van der Waals surface area contributed by atoms with Crippen LogP contribution in [-0.2, 0) is 0 Å². The summed E-state index contributed by atoms with van der Waals surface area (Å²) in [5, 5.41) is 1.49. The minimum Gasteiger partial charge on any atom is -0.423 e. The lowest BCUT2D eigenvalue weighted by Crippen LogP contribution is -1.93. The van der Waals surface area contributed by atoms with Gasteiger partial charge < -0.3 is 4.42 Å². The Morgan fingerprint density at radius 3 is 2.75 bits per heavy atom. The van der Waals surface area contributed by atoms with Crippen LogP contribution in [-0.4, -0.2) is 6.21 Å². The zero-order chi connectivity index (χ0) is 13.9. The van der Waals surface area contributed by atoms with Crippen molar-refractivity contribution in [3.8, 4) is 0 Å². The fourth-order valence-electron chi connectivity index (χ4n) is 1.86. The summed E-state index contributed by atoms with van der Waals surface area (Å²) in [6.45, 7) is 0. The molecule has 0 aliphatic rings. The summed E-state index contributed by atoms with van der Waals surface area (Å²) in [5.41, 5.74) is 1.82. The fraction of sp³-hybridized carbons (Fsp3) is 0. The van der Waals surface area contributed by atoms with Crippen LogP contribution in [0.1, 0.15) is 5.56 Å². The first-order chi connectivity index (χ1) is 9.72. The van der Waals surface area contributed by atoms with Crippen molar-refractivity contribution in [2.24, 2.45) is 4.99 Å². The van der Waals surface area contributed by atoms with Gasteiger partial charge in [0, 0.05) is 28.3 Å². The van der Waals surface area contributed by atoms with Crippen LogP contribution in [0.15, 0.2) is 68.8 Å². The molecule has 2 aromatic carbocycles. The highest BCUT2D eigenvalue weighted by molar-refractivity contribution is 6.33. The van der Waals surface area contributed by atoms with Crippen LogP contribution in [0.25, 0.3) is 11.0 Å². The molecule has 0 aliphatic heterocycles. The van der Waals surface area contributed by atoms with E-state index < -0.39 is 0 Å². The van der Waals surface area contributed by atoms with Crippen molar-refractivity contribution in [1.82, 2.24) is 0 Å². The Balaban J connectivity index is 1.97. The molecular weight excluding hydrogens is 274 g/mol. The van der Waals surface area contributed by atoms with Gasteiger partial charge in [0.2, 0.25) is 0 Å². The predicted octanol–water partition coefficient (Wildman–Crippen LogP) is 4.20. The molecule has 0 radical (unpaired) electrons. The molecule has 3 nitrogen and oxygen atoms in total. The van der Waals surface area contributed by atoms with Crippen LogP contribution >= 0.6 is 11.6 Å². The van der Waals surface area contributed by atoms with Gasteiger partial charge in [-0.15, -0.1) is 0 Å².